The Kier molecular flexibility index (Phi) is 13.0. The SMILES string of the molecule is CCNC(=NCC(C)SC)N(C)CCOc1ccc(OC)cc1.I. The highest BCUT2D eigenvalue weighted by molar-refractivity contribution is 14.0. The van der Waals surface area contributed by atoms with Crippen molar-refractivity contribution in [2.24, 2.45) is 4.99 Å². The van der Waals surface area contributed by atoms with E-state index in [1.54, 1.807) is 7.11 Å². The minimum atomic E-state index is 0. The van der Waals surface area contributed by atoms with Crippen LogP contribution in [0.25, 0.3) is 0 Å². The van der Waals surface area contributed by atoms with Crippen molar-refractivity contribution in [3.05, 3.63) is 24.3 Å². The average molecular weight is 467 g/mol. The molecule has 1 aromatic rings. The maximum absolute atomic E-state index is 5.77. The van der Waals surface area contributed by atoms with E-state index in [1.165, 1.54) is 0 Å². The van der Waals surface area contributed by atoms with Crippen LogP contribution in [-0.2, 0) is 0 Å². The highest BCUT2D eigenvalue weighted by Gasteiger charge is 2.07. The predicted octanol–water partition coefficient (Wildman–Crippen LogP) is 3.34. The zero-order valence-electron chi connectivity index (χ0n) is 15.2. The highest BCUT2D eigenvalue weighted by atomic mass is 127. The summed E-state index contributed by atoms with van der Waals surface area (Å²) in [5.41, 5.74) is 0. The Bertz CT molecular complexity index is 471. The van der Waals surface area contributed by atoms with Crippen molar-refractivity contribution in [1.29, 1.82) is 0 Å². The maximum atomic E-state index is 5.77. The largest absolute Gasteiger partial charge is 0.497 e. The van der Waals surface area contributed by atoms with Gasteiger partial charge in [0.05, 0.1) is 20.2 Å². The monoisotopic (exact) mass is 467 g/mol. The van der Waals surface area contributed by atoms with E-state index in [0.717, 1.165) is 37.1 Å². The van der Waals surface area contributed by atoms with Gasteiger partial charge in [-0.25, -0.2) is 0 Å². The van der Waals surface area contributed by atoms with Gasteiger partial charge >= 0.3 is 0 Å². The first-order valence-electron chi connectivity index (χ1n) is 7.89. The van der Waals surface area contributed by atoms with Crippen LogP contribution in [0, 0.1) is 0 Å². The van der Waals surface area contributed by atoms with Gasteiger partial charge in [0.2, 0.25) is 0 Å². The molecule has 1 N–H and O–H groups in total. The van der Waals surface area contributed by atoms with Gasteiger partial charge in [-0.2, -0.15) is 11.8 Å². The van der Waals surface area contributed by atoms with Crippen LogP contribution < -0.4 is 14.8 Å². The molecule has 24 heavy (non-hydrogen) atoms. The molecule has 0 aliphatic heterocycles. The van der Waals surface area contributed by atoms with E-state index in [4.69, 9.17) is 9.47 Å². The fourth-order valence-corrected chi connectivity index (χ4v) is 2.06. The summed E-state index contributed by atoms with van der Waals surface area (Å²) in [6.45, 7) is 7.31. The van der Waals surface area contributed by atoms with Crippen LogP contribution in [0.2, 0.25) is 0 Å². The number of nitrogens with zero attached hydrogens (tertiary/aromatic N) is 2. The second-order valence-electron chi connectivity index (χ2n) is 5.19. The Labute approximate surface area is 167 Å². The zero-order chi connectivity index (χ0) is 17.1. The topological polar surface area (TPSA) is 46.1 Å². The first-order chi connectivity index (χ1) is 11.1. The van der Waals surface area contributed by atoms with Crippen molar-refractivity contribution in [1.82, 2.24) is 10.2 Å². The van der Waals surface area contributed by atoms with Gasteiger partial charge < -0.3 is 19.7 Å². The van der Waals surface area contributed by atoms with Gasteiger partial charge in [0.1, 0.15) is 18.1 Å². The van der Waals surface area contributed by atoms with Crippen molar-refractivity contribution in [2.45, 2.75) is 19.1 Å². The van der Waals surface area contributed by atoms with Gasteiger partial charge in [0, 0.05) is 18.8 Å². The van der Waals surface area contributed by atoms with Crippen molar-refractivity contribution in [3.63, 3.8) is 0 Å². The van der Waals surface area contributed by atoms with Crippen molar-refractivity contribution in [3.8, 4) is 11.5 Å². The fraction of sp³-hybridized carbons (Fsp3) is 0.588. The van der Waals surface area contributed by atoms with Crippen LogP contribution >= 0.6 is 35.7 Å². The number of aliphatic imine (C=N–C) groups is 1. The molecule has 138 valence electrons. The number of likely N-dealkylation sites (N-methyl/N-ethyl adjacent to an activating group) is 1. The molecule has 0 amide bonds. The smallest absolute Gasteiger partial charge is 0.193 e. The molecule has 0 aliphatic rings. The van der Waals surface area contributed by atoms with E-state index in [9.17, 15) is 0 Å². The summed E-state index contributed by atoms with van der Waals surface area (Å²) in [7, 11) is 3.69. The number of guanidine groups is 1. The van der Waals surface area contributed by atoms with E-state index >= 15 is 0 Å². The number of nitrogens with one attached hydrogen (secondary N) is 1. The summed E-state index contributed by atoms with van der Waals surface area (Å²) in [5.74, 6) is 2.60. The zero-order valence-corrected chi connectivity index (χ0v) is 18.4. The third-order valence-electron chi connectivity index (χ3n) is 3.35. The number of thioether (sulfide) groups is 1. The molecule has 1 aromatic carbocycles. The maximum Gasteiger partial charge on any atom is 0.193 e. The number of benzene rings is 1. The molecule has 0 fully saturated rings. The molecule has 1 rings (SSSR count). The molecule has 1 atom stereocenters. The molecular weight excluding hydrogens is 437 g/mol. The summed E-state index contributed by atoms with van der Waals surface area (Å²) in [4.78, 5) is 6.77. The first kappa shape index (κ1) is 23.2. The third-order valence-corrected chi connectivity index (χ3v) is 4.31. The van der Waals surface area contributed by atoms with Gasteiger partial charge in [0.15, 0.2) is 5.96 Å². The van der Waals surface area contributed by atoms with Gasteiger partial charge in [-0.3, -0.25) is 4.99 Å². The normalized spacial score (nSPS) is 12.1. The van der Waals surface area contributed by atoms with Gasteiger partial charge in [-0.05, 0) is 37.4 Å². The van der Waals surface area contributed by atoms with Gasteiger partial charge in [-0.1, -0.05) is 6.92 Å². The number of rotatable bonds is 9. The molecule has 0 aliphatic carbocycles. The number of methoxy groups -OCH3 is 1. The summed E-state index contributed by atoms with van der Waals surface area (Å²) in [6.07, 6.45) is 2.11. The van der Waals surface area contributed by atoms with E-state index in [-0.39, 0.29) is 24.0 Å². The van der Waals surface area contributed by atoms with Crippen molar-refractivity contribution >= 4 is 41.7 Å². The summed E-state index contributed by atoms with van der Waals surface area (Å²) >= 11 is 1.83. The molecule has 7 heteroatoms. The van der Waals surface area contributed by atoms with Gasteiger partial charge in [0.25, 0.3) is 0 Å². The number of halogens is 1. The molecule has 0 aromatic heterocycles. The lowest BCUT2D eigenvalue weighted by atomic mass is 10.3. The summed E-state index contributed by atoms with van der Waals surface area (Å²) in [5, 5.41) is 3.84. The number of ether oxygens (including phenoxy) is 2. The lowest BCUT2D eigenvalue weighted by Crippen LogP contribution is -2.41. The Hall–Kier alpha value is -0.830. The molecule has 1 unspecified atom stereocenters. The minimum Gasteiger partial charge on any atom is -0.497 e. The number of hydrogen-bond donors (Lipinski definition) is 1. The second-order valence-corrected chi connectivity index (χ2v) is 6.46. The van der Waals surface area contributed by atoms with Crippen LogP contribution in [-0.4, -0.2) is 62.8 Å². The van der Waals surface area contributed by atoms with Crippen LogP contribution in [0.5, 0.6) is 11.5 Å². The molecule has 0 saturated carbocycles. The third kappa shape index (κ3) is 8.86. The summed E-state index contributed by atoms with van der Waals surface area (Å²) < 4.78 is 10.9. The Morgan fingerprint density at radius 1 is 1.29 bits per heavy atom. The molecule has 0 saturated heterocycles. The average Bonchev–Trinajstić information content (AvgIpc) is 2.58. The molecule has 0 heterocycles. The Morgan fingerprint density at radius 2 is 1.92 bits per heavy atom. The van der Waals surface area contributed by atoms with Crippen molar-refractivity contribution in [2.75, 3.05) is 46.7 Å². The van der Waals surface area contributed by atoms with E-state index in [2.05, 4.69) is 35.3 Å². The van der Waals surface area contributed by atoms with Crippen LogP contribution in [0.1, 0.15) is 13.8 Å². The molecule has 5 nitrogen and oxygen atoms in total. The van der Waals surface area contributed by atoms with E-state index in [0.29, 0.717) is 11.9 Å². The lowest BCUT2D eigenvalue weighted by Gasteiger charge is -2.22. The fourth-order valence-electron chi connectivity index (χ4n) is 1.84. The second kappa shape index (κ2) is 13.5. The minimum absolute atomic E-state index is 0. The lowest BCUT2D eigenvalue weighted by molar-refractivity contribution is 0.281. The molecule has 0 bridgehead atoms. The number of hydrogen-bond acceptors (Lipinski definition) is 4. The Balaban J connectivity index is 0.00000529. The molecule has 0 spiro atoms. The Morgan fingerprint density at radius 3 is 2.46 bits per heavy atom. The molecular formula is C17H30IN3O2S. The van der Waals surface area contributed by atoms with Crippen molar-refractivity contribution < 1.29 is 9.47 Å². The van der Waals surface area contributed by atoms with Crippen LogP contribution in [0.15, 0.2) is 29.3 Å². The van der Waals surface area contributed by atoms with E-state index < -0.39 is 0 Å². The molecule has 0 radical (unpaired) electrons. The van der Waals surface area contributed by atoms with E-state index in [1.807, 2.05) is 43.1 Å². The quantitative estimate of drug-likeness (QED) is 0.343. The van der Waals surface area contributed by atoms with Crippen LogP contribution in [0.4, 0.5) is 0 Å². The highest BCUT2D eigenvalue weighted by Crippen LogP contribution is 2.16. The summed E-state index contributed by atoms with van der Waals surface area (Å²) in [6, 6.07) is 7.62. The van der Waals surface area contributed by atoms with Crippen LogP contribution in [0.3, 0.4) is 0 Å². The van der Waals surface area contributed by atoms with Gasteiger partial charge in [-0.15, -0.1) is 24.0 Å². The standard InChI is InChI=1S/C17H29N3O2S.HI/c1-6-18-17(19-13-14(2)23-5)20(3)11-12-22-16-9-7-15(21-4)8-10-16;/h7-10,14H,6,11-13H2,1-5H3,(H,18,19);1H. The first-order valence-corrected chi connectivity index (χ1v) is 9.18. The predicted molar refractivity (Wildman–Crippen MR) is 115 cm³/mol.